The number of hydrogen-bond donors (Lipinski definition) is 1. The maximum absolute atomic E-state index is 5.80. The Morgan fingerprint density at radius 2 is 1.90 bits per heavy atom. The van der Waals surface area contributed by atoms with Crippen LogP contribution in [0.15, 0.2) is 67.0 Å². The van der Waals surface area contributed by atoms with Crippen molar-refractivity contribution in [3.05, 3.63) is 78.4 Å². The average molecular weight is 407 g/mol. The standard InChI is InChI=1S/C23H26N4OS/c1-4-26-15-7-9-20(26)22-21(19-8-5-6-14-24-19)25-23(29)27(22)17-10-12-18(13-11-17)28-16(2)3/h5-16,21-22H,4H2,1-3H3,(H,25,29)/t21-,22+/m1/s1. The van der Waals surface area contributed by atoms with Crippen LogP contribution in [0.5, 0.6) is 5.75 Å². The molecule has 0 amide bonds. The van der Waals surface area contributed by atoms with Gasteiger partial charge in [0, 0.05) is 30.3 Å². The molecule has 0 aliphatic carbocycles. The molecule has 1 saturated heterocycles. The molecule has 1 aromatic carbocycles. The molecule has 0 unspecified atom stereocenters. The van der Waals surface area contributed by atoms with E-state index in [0.29, 0.717) is 5.11 Å². The normalized spacial score (nSPS) is 18.9. The molecule has 150 valence electrons. The van der Waals surface area contributed by atoms with Crippen LogP contribution in [0.4, 0.5) is 5.69 Å². The topological polar surface area (TPSA) is 42.3 Å². The smallest absolute Gasteiger partial charge is 0.174 e. The minimum absolute atomic E-state index is 0.00390. The van der Waals surface area contributed by atoms with Gasteiger partial charge >= 0.3 is 0 Å². The zero-order valence-corrected chi connectivity index (χ0v) is 17.8. The van der Waals surface area contributed by atoms with E-state index in [-0.39, 0.29) is 18.2 Å². The number of aryl methyl sites for hydroxylation is 1. The van der Waals surface area contributed by atoms with E-state index in [1.165, 1.54) is 5.69 Å². The van der Waals surface area contributed by atoms with Crippen LogP contribution < -0.4 is 15.0 Å². The van der Waals surface area contributed by atoms with Crippen LogP contribution >= 0.6 is 12.2 Å². The van der Waals surface area contributed by atoms with E-state index in [1.54, 1.807) is 0 Å². The van der Waals surface area contributed by atoms with Crippen LogP contribution in [0.1, 0.15) is 44.2 Å². The second-order valence-corrected chi connectivity index (χ2v) is 7.76. The summed E-state index contributed by atoms with van der Waals surface area (Å²) in [6, 6.07) is 18.4. The summed E-state index contributed by atoms with van der Waals surface area (Å²) in [4.78, 5) is 6.80. The largest absolute Gasteiger partial charge is 0.491 e. The van der Waals surface area contributed by atoms with Crippen molar-refractivity contribution in [2.45, 2.75) is 45.5 Å². The lowest BCUT2D eigenvalue weighted by molar-refractivity contribution is 0.242. The van der Waals surface area contributed by atoms with Gasteiger partial charge in [-0.3, -0.25) is 4.98 Å². The molecule has 0 radical (unpaired) electrons. The second kappa shape index (κ2) is 8.25. The van der Waals surface area contributed by atoms with E-state index in [2.05, 4.69) is 63.2 Å². The molecule has 6 heteroatoms. The van der Waals surface area contributed by atoms with Crippen LogP contribution in [0.2, 0.25) is 0 Å². The first kappa shape index (κ1) is 19.5. The third-order valence-electron chi connectivity index (χ3n) is 5.09. The molecule has 2 aromatic heterocycles. The average Bonchev–Trinajstić information content (AvgIpc) is 3.32. The van der Waals surface area contributed by atoms with Crippen LogP contribution in [0.25, 0.3) is 0 Å². The van der Waals surface area contributed by atoms with Crippen molar-refractivity contribution in [1.82, 2.24) is 14.9 Å². The van der Waals surface area contributed by atoms with Crippen molar-refractivity contribution < 1.29 is 4.74 Å². The molecule has 2 atom stereocenters. The van der Waals surface area contributed by atoms with Gasteiger partial charge in [-0.15, -0.1) is 0 Å². The predicted octanol–water partition coefficient (Wildman–Crippen LogP) is 4.87. The molecule has 1 N–H and O–H groups in total. The number of rotatable bonds is 6. The number of nitrogens with one attached hydrogen (secondary N) is 1. The number of anilines is 1. The highest BCUT2D eigenvalue weighted by Gasteiger charge is 2.41. The Hall–Kier alpha value is -2.86. The highest BCUT2D eigenvalue weighted by atomic mass is 32.1. The van der Waals surface area contributed by atoms with Crippen LogP contribution in [-0.2, 0) is 6.54 Å². The fraction of sp³-hybridized carbons (Fsp3) is 0.304. The number of thiocarbonyl (C=S) groups is 1. The Labute approximate surface area is 177 Å². The quantitative estimate of drug-likeness (QED) is 0.592. The van der Waals surface area contributed by atoms with Crippen molar-refractivity contribution in [3.8, 4) is 5.75 Å². The van der Waals surface area contributed by atoms with Crippen LogP contribution in [0.3, 0.4) is 0 Å². The van der Waals surface area contributed by atoms with Crippen LogP contribution in [0, 0.1) is 0 Å². The van der Waals surface area contributed by atoms with Gasteiger partial charge in [0.05, 0.1) is 17.8 Å². The molecule has 4 rings (SSSR count). The van der Waals surface area contributed by atoms with Gasteiger partial charge in [-0.1, -0.05) is 6.07 Å². The number of aromatic nitrogens is 2. The monoisotopic (exact) mass is 406 g/mol. The zero-order valence-electron chi connectivity index (χ0n) is 16.9. The number of ether oxygens (including phenoxy) is 1. The molecule has 1 aliphatic rings. The zero-order chi connectivity index (χ0) is 20.4. The fourth-order valence-corrected chi connectivity index (χ4v) is 4.22. The molecule has 0 bridgehead atoms. The van der Waals surface area contributed by atoms with E-state index in [0.717, 1.165) is 23.7 Å². The van der Waals surface area contributed by atoms with Crippen molar-refractivity contribution in [2.24, 2.45) is 0 Å². The molecule has 0 saturated carbocycles. The summed E-state index contributed by atoms with van der Waals surface area (Å²) in [7, 11) is 0. The molecule has 0 spiro atoms. The molecular weight excluding hydrogens is 380 g/mol. The van der Waals surface area contributed by atoms with Crippen molar-refractivity contribution in [2.75, 3.05) is 4.90 Å². The molecule has 3 aromatic rings. The first-order chi connectivity index (χ1) is 14.1. The second-order valence-electron chi connectivity index (χ2n) is 7.38. The number of pyridine rings is 1. The molecule has 1 aliphatic heterocycles. The van der Waals surface area contributed by atoms with E-state index < -0.39 is 0 Å². The first-order valence-electron chi connectivity index (χ1n) is 10.0. The Balaban J connectivity index is 1.76. The Bertz CT molecular complexity index is 968. The van der Waals surface area contributed by atoms with Gasteiger partial charge in [0.2, 0.25) is 0 Å². The molecular formula is C23H26N4OS. The number of nitrogens with zero attached hydrogens (tertiary/aromatic N) is 3. The highest BCUT2D eigenvalue weighted by molar-refractivity contribution is 7.80. The van der Waals surface area contributed by atoms with E-state index in [1.807, 2.05) is 44.3 Å². The summed E-state index contributed by atoms with van der Waals surface area (Å²) in [6.45, 7) is 7.11. The first-order valence-corrected chi connectivity index (χ1v) is 10.4. The SMILES string of the molecule is CCn1cccc1[C@H]1[C@@H](c2ccccn2)NC(=S)N1c1ccc(OC(C)C)cc1. The van der Waals surface area contributed by atoms with Gasteiger partial charge in [-0.25, -0.2) is 0 Å². The lowest BCUT2D eigenvalue weighted by Gasteiger charge is -2.29. The van der Waals surface area contributed by atoms with Crippen molar-refractivity contribution >= 4 is 23.0 Å². The van der Waals surface area contributed by atoms with Crippen molar-refractivity contribution in [3.63, 3.8) is 0 Å². The summed E-state index contributed by atoms with van der Waals surface area (Å²) in [5.41, 5.74) is 3.22. The van der Waals surface area contributed by atoms with Crippen LogP contribution in [-0.4, -0.2) is 20.8 Å². The summed E-state index contributed by atoms with van der Waals surface area (Å²) < 4.78 is 8.07. The van der Waals surface area contributed by atoms with Gasteiger partial charge in [-0.2, -0.15) is 0 Å². The van der Waals surface area contributed by atoms with Crippen molar-refractivity contribution in [1.29, 1.82) is 0 Å². The van der Waals surface area contributed by atoms with Gasteiger partial charge in [0.15, 0.2) is 5.11 Å². The minimum atomic E-state index is -0.0320. The molecule has 29 heavy (non-hydrogen) atoms. The third-order valence-corrected chi connectivity index (χ3v) is 5.41. The Kier molecular flexibility index (Phi) is 5.53. The minimum Gasteiger partial charge on any atom is -0.491 e. The van der Waals surface area contributed by atoms with Gasteiger partial charge < -0.3 is 19.5 Å². The maximum atomic E-state index is 5.80. The summed E-state index contributed by atoms with van der Waals surface area (Å²) >= 11 is 5.78. The molecule has 3 heterocycles. The maximum Gasteiger partial charge on any atom is 0.174 e. The molecule has 5 nitrogen and oxygen atoms in total. The summed E-state index contributed by atoms with van der Waals surface area (Å²) in [5.74, 6) is 0.858. The van der Waals surface area contributed by atoms with E-state index in [4.69, 9.17) is 17.0 Å². The van der Waals surface area contributed by atoms with E-state index >= 15 is 0 Å². The third kappa shape index (κ3) is 3.85. The lowest BCUT2D eigenvalue weighted by atomic mass is 10.0. The Morgan fingerprint density at radius 3 is 2.55 bits per heavy atom. The molecule has 1 fully saturated rings. The number of benzene rings is 1. The summed E-state index contributed by atoms with van der Waals surface area (Å²) in [5, 5.41) is 4.21. The van der Waals surface area contributed by atoms with Gasteiger partial charge in [0.1, 0.15) is 11.8 Å². The fourth-order valence-electron chi connectivity index (χ4n) is 3.87. The van der Waals surface area contributed by atoms with E-state index in [9.17, 15) is 0 Å². The lowest BCUT2D eigenvalue weighted by Crippen LogP contribution is -2.30. The number of hydrogen-bond acceptors (Lipinski definition) is 3. The summed E-state index contributed by atoms with van der Waals surface area (Å²) in [6.07, 6.45) is 4.09. The predicted molar refractivity (Wildman–Crippen MR) is 120 cm³/mol. The Morgan fingerprint density at radius 1 is 1.10 bits per heavy atom. The van der Waals surface area contributed by atoms with Gasteiger partial charge in [0.25, 0.3) is 0 Å². The van der Waals surface area contributed by atoms with Gasteiger partial charge in [-0.05, 0) is 81.5 Å². The highest BCUT2D eigenvalue weighted by Crippen LogP contribution is 2.41.